The summed E-state index contributed by atoms with van der Waals surface area (Å²) in [5, 5.41) is 12.5. The lowest BCUT2D eigenvalue weighted by molar-refractivity contribution is 0.122. The molecule has 0 saturated heterocycles. The number of hydrogen-bond acceptors (Lipinski definition) is 4. The Hall–Kier alpha value is -1.13. The molecule has 3 atom stereocenters. The van der Waals surface area contributed by atoms with Crippen molar-refractivity contribution in [2.75, 3.05) is 11.9 Å². The minimum atomic E-state index is -0.0515. The fourth-order valence-corrected chi connectivity index (χ4v) is 2.53. The largest absolute Gasteiger partial charge is 0.383 e. The molecule has 1 aromatic heterocycles. The van der Waals surface area contributed by atoms with E-state index in [0.29, 0.717) is 5.92 Å². The molecule has 2 aliphatic rings. The van der Waals surface area contributed by atoms with Crippen LogP contribution in [0.5, 0.6) is 0 Å². The van der Waals surface area contributed by atoms with Crippen molar-refractivity contribution >= 4 is 5.69 Å². The number of nitrogens with zero attached hydrogens (tertiary/aromatic N) is 1. The van der Waals surface area contributed by atoms with Crippen molar-refractivity contribution < 1.29 is 8.06 Å². The summed E-state index contributed by atoms with van der Waals surface area (Å²) in [4.78, 5) is 4.69. The third kappa shape index (κ3) is 1.49. The van der Waals surface area contributed by atoms with Gasteiger partial charge in [0.15, 0.2) is 0 Å². The van der Waals surface area contributed by atoms with Gasteiger partial charge in [0.1, 0.15) is 0 Å². The van der Waals surface area contributed by atoms with Crippen LogP contribution < -0.4 is 10.8 Å². The van der Waals surface area contributed by atoms with E-state index < -0.39 is 0 Å². The Morgan fingerprint density at radius 3 is 3.31 bits per heavy atom. The van der Waals surface area contributed by atoms with E-state index in [2.05, 4.69) is 16.9 Å². The van der Waals surface area contributed by atoms with Crippen LogP contribution in [0.15, 0.2) is 12.1 Å². The molecule has 0 radical (unpaired) electrons. The fourth-order valence-electron chi connectivity index (χ4n) is 2.53. The smallest absolute Gasteiger partial charge is 0.0738 e. The highest BCUT2D eigenvalue weighted by Gasteiger charge is 2.43. The molecule has 1 aliphatic carbocycles. The summed E-state index contributed by atoms with van der Waals surface area (Å²) in [6.07, 6.45) is 2.10. The van der Waals surface area contributed by atoms with Crippen LogP contribution in [0.4, 0.5) is 5.69 Å². The molecule has 0 amide bonds. The maximum Gasteiger partial charge on any atom is 0.0738 e. The lowest BCUT2D eigenvalue weighted by Gasteiger charge is -2.19. The van der Waals surface area contributed by atoms with Crippen LogP contribution in [-0.4, -0.2) is 16.7 Å². The topological polar surface area (TPSA) is 57.2 Å². The van der Waals surface area contributed by atoms with Crippen LogP contribution in [0.3, 0.4) is 0 Å². The van der Waals surface area contributed by atoms with Crippen LogP contribution in [0.2, 0.25) is 0 Å². The second-order valence-corrected chi connectivity index (χ2v) is 4.74. The van der Waals surface area contributed by atoms with Crippen molar-refractivity contribution in [3.63, 3.8) is 0 Å². The molecule has 1 aromatic rings. The summed E-state index contributed by atoms with van der Waals surface area (Å²) in [6.45, 7) is 3.13. The van der Waals surface area contributed by atoms with Gasteiger partial charge in [-0.05, 0) is 30.9 Å². The highest BCUT2D eigenvalue weighted by atomic mass is 16.5. The van der Waals surface area contributed by atoms with Crippen molar-refractivity contribution in [2.45, 2.75) is 31.7 Å². The van der Waals surface area contributed by atoms with Gasteiger partial charge in [-0.1, -0.05) is 6.92 Å². The molecule has 3 rings (SSSR count). The lowest BCUT2D eigenvalue weighted by Crippen LogP contribution is -2.19. The highest BCUT2D eigenvalue weighted by Crippen LogP contribution is 2.51. The Bertz CT molecular complexity index is 412. The molecule has 4 heteroatoms. The van der Waals surface area contributed by atoms with Crippen molar-refractivity contribution in [1.29, 1.82) is 0 Å². The van der Waals surface area contributed by atoms with Crippen molar-refractivity contribution in [3.05, 3.63) is 23.5 Å². The number of pyridine rings is 1. The monoisotopic (exact) mass is 223 g/mol. The molecule has 2 heterocycles. The number of anilines is 1. The zero-order valence-electron chi connectivity index (χ0n) is 9.40. The van der Waals surface area contributed by atoms with Crippen LogP contribution in [-0.2, 0) is 0 Å². The van der Waals surface area contributed by atoms with Crippen molar-refractivity contribution in [3.8, 4) is 0 Å². The third-order valence-corrected chi connectivity index (χ3v) is 3.70. The number of hydrogen-bond donors (Lipinski definition) is 3. The summed E-state index contributed by atoms with van der Waals surface area (Å²) in [7, 11) is 0. The number of fused-ring (bicyclic) bond motifs is 3. The standard InChI is InChI=1S/C12H17N3O.2H2/c1-2-9(15-16)10-3-4-11-12(14-10)8-5-7(8)6-13-11;;/h3-4,7-9,13,15-16H,2,5-6H2,1H3;2*1H. The Kier molecular flexibility index (Phi) is 2.33. The zero-order valence-corrected chi connectivity index (χ0v) is 9.40. The summed E-state index contributed by atoms with van der Waals surface area (Å²) in [5.41, 5.74) is 5.64. The first kappa shape index (κ1) is 10.1. The molecule has 0 bridgehead atoms. The van der Waals surface area contributed by atoms with Gasteiger partial charge in [-0.3, -0.25) is 4.98 Å². The van der Waals surface area contributed by atoms with Gasteiger partial charge in [-0.15, -0.1) is 0 Å². The van der Waals surface area contributed by atoms with Gasteiger partial charge in [0.2, 0.25) is 0 Å². The van der Waals surface area contributed by atoms with Crippen molar-refractivity contribution in [2.24, 2.45) is 5.92 Å². The van der Waals surface area contributed by atoms with Gasteiger partial charge in [0.05, 0.1) is 23.1 Å². The first-order valence-electron chi connectivity index (χ1n) is 5.97. The molecular weight excluding hydrogens is 202 g/mol. The van der Waals surface area contributed by atoms with Crippen LogP contribution in [0.1, 0.15) is 46.0 Å². The van der Waals surface area contributed by atoms with E-state index in [1.54, 1.807) is 0 Å². The second-order valence-electron chi connectivity index (χ2n) is 4.74. The van der Waals surface area contributed by atoms with E-state index in [-0.39, 0.29) is 8.90 Å². The summed E-state index contributed by atoms with van der Waals surface area (Å²) in [5.74, 6) is 1.45. The summed E-state index contributed by atoms with van der Waals surface area (Å²) in [6, 6.07) is 4.03. The molecule has 16 heavy (non-hydrogen) atoms. The second kappa shape index (κ2) is 3.71. The molecule has 90 valence electrons. The molecule has 3 N–H and O–H groups in total. The first-order chi connectivity index (χ1) is 7.83. The number of hydroxylamine groups is 1. The Balaban J connectivity index is 0.000000810. The fraction of sp³-hybridized carbons (Fsp3) is 0.583. The molecule has 1 aliphatic heterocycles. The van der Waals surface area contributed by atoms with Gasteiger partial charge in [-0.25, -0.2) is 0 Å². The van der Waals surface area contributed by atoms with Gasteiger partial charge in [-0.2, -0.15) is 5.48 Å². The van der Waals surface area contributed by atoms with E-state index in [4.69, 9.17) is 10.2 Å². The van der Waals surface area contributed by atoms with Gasteiger partial charge < -0.3 is 10.5 Å². The van der Waals surface area contributed by atoms with Gasteiger partial charge >= 0.3 is 0 Å². The molecular formula is C12H21N3O. The maximum absolute atomic E-state index is 9.05. The van der Waals surface area contributed by atoms with E-state index in [0.717, 1.165) is 24.6 Å². The van der Waals surface area contributed by atoms with Crippen LogP contribution >= 0.6 is 0 Å². The average Bonchev–Trinajstić information content (AvgIpc) is 3.10. The minimum Gasteiger partial charge on any atom is -0.383 e. The average molecular weight is 223 g/mol. The Labute approximate surface area is 98.0 Å². The number of nitrogens with one attached hydrogen (secondary N) is 2. The molecule has 1 fully saturated rings. The van der Waals surface area contributed by atoms with E-state index in [1.807, 2.05) is 13.0 Å². The minimum absolute atomic E-state index is 0. The number of rotatable bonds is 3. The predicted octanol–water partition coefficient (Wildman–Crippen LogP) is 2.53. The normalized spacial score (nSPS) is 27.6. The number of aromatic nitrogens is 1. The Morgan fingerprint density at radius 2 is 2.56 bits per heavy atom. The molecule has 0 spiro atoms. The van der Waals surface area contributed by atoms with Crippen LogP contribution in [0, 0.1) is 5.92 Å². The molecule has 4 nitrogen and oxygen atoms in total. The predicted molar refractivity (Wildman–Crippen MR) is 65.8 cm³/mol. The maximum atomic E-state index is 9.05. The lowest BCUT2D eigenvalue weighted by atomic mass is 10.1. The third-order valence-electron chi connectivity index (χ3n) is 3.70. The highest BCUT2D eigenvalue weighted by molar-refractivity contribution is 5.55. The molecule has 1 saturated carbocycles. The summed E-state index contributed by atoms with van der Waals surface area (Å²) >= 11 is 0. The van der Waals surface area contributed by atoms with E-state index >= 15 is 0 Å². The van der Waals surface area contributed by atoms with Gasteiger partial charge in [0.25, 0.3) is 0 Å². The van der Waals surface area contributed by atoms with Crippen LogP contribution in [0.25, 0.3) is 0 Å². The van der Waals surface area contributed by atoms with Gasteiger partial charge in [0, 0.05) is 15.3 Å². The Morgan fingerprint density at radius 1 is 1.69 bits per heavy atom. The summed E-state index contributed by atoms with van der Waals surface area (Å²) < 4.78 is 0. The quantitative estimate of drug-likeness (QED) is 0.689. The first-order valence-corrected chi connectivity index (χ1v) is 5.97. The SMILES string of the molecule is CCC(NO)c1ccc2c(n1)C1CC1CN2.[HH].[HH]. The molecule has 0 aromatic carbocycles. The zero-order chi connectivity index (χ0) is 11.1. The van der Waals surface area contributed by atoms with E-state index in [1.165, 1.54) is 17.8 Å². The van der Waals surface area contributed by atoms with E-state index in [9.17, 15) is 0 Å². The molecule has 3 unspecified atom stereocenters. The van der Waals surface area contributed by atoms with Crippen molar-refractivity contribution in [1.82, 2.24) is 10.5 Å².